The average Bonchev–Trinajstić information content (AvgIpc) is 2.71. The van der Waals surface area contributed by atoms with Crippen molar-refractivity contribution in [2.24, 2.45) is 10.9 Å². The second-order valence-electron chi connectivity index (χ2n) is 6.97. The summed E-state index contributed by atoms with van der Waals surface area (Å²) in [6.07, 6.45) is 4.50. The van der Waals surface area contributed by atoms with E-state index in [1.165, 1.54) is 0 Å². The van der Waals surface area contributed by atoms with Crippen molar-refractivity contribution in [2.75, 3.05) is 26.7 Å². The van der Waals surface area contributed by atoms with Gasteiger partial charge in [0.05, 0.1) is 12.1 Å². The van der Waals surface area contributed by atoms with Crippen molar-refractivity contribution in [3.05, 3.63) is 42.1 Å². The average molecular weight is 495 g/mol. The van der Waals surface area contributed by atoms with E-state index in [9.17, 15) is 4.79 Å². The molecule has 0 unspecified atom stereocenters. The van der Waals surface area contributed by atoms with E-state index in [4.69, 9.17) is 4.99 Å². The molecule has 2 aromatic rings. The summed E-state index contributed by atoms with van der Waals surface area (Å²) < 4.78 is 0. The maximum absolute atomic E-state index is 11.6. The van der Waals surface area contributed by atoms with Gasteiger partial charge in [0, 0.05) is 44.7 Å². The molecule has 152 valence electrons. The molecule has 3 rings (SSSR count). The normalized spacial score (nSPS) is 15.2. The van der Waals surface area contributed by atoms with Crippen molar-refractivity contribution < 1.29 is 4.79 Å². The lowest BCUT2D eigenvalue weighted by Gasteiger charge is -2.34. The molecule has 1 amide bonds. The zero-order chi connectivity index (χ0) is 19.1. The second-order valence-corrected chi connectivity index (χ2v) is 6.97. The number of guanidine groups is 1. The van der Waals surface area contributed by atoms with Crippen molar-refractivity contribution in [3.8, 4) is 0 Å². The number of carbonyl (C=O) groups is 1. The smallest absolute Gasteiger partial charge is 0.220 e. The fourth-order valence-electron chi connectivity index (χ4n) is 3.59. The molecule has 1 aliphatic rings. The van der Waals surface area contributed by atoms with Crippen LogP contribution in [0.3, 0.4) is 0 Å². The van der Waals surface area contributed by atoms with Crippen LogP contribution in [-0.4, -0.2) is 48.4 Å². The summed E-state index contributed by atoms with van der Waals surface area (Å²) >= 11 is 0. The highest BCUT2D eigenvalue weighted by atomic mass is 127. The van der Waals surface area contributed by atoms with Gasteiger partial charge in [0.25, 0.3) is 0 Å². The Morgan fingerprint density at radius 1 is 1.25 bits per heavy atom. The minimum Gasteiger partial charge on any atom is -0.359 e. The van der Waals surface area contributed by atoms with Crippen LogP contribution in [0.1, 0.15) is 31.7 Å². The molecule has 1 saturated heterocycles. The summed E-state index contributed by atoms with van der Waals surface area (Å²) in [5, 5.41) is 7.28. The number of fused-ring (bicyclic) bond motifs is 1. The molecule has 0 bridgehead atoms. The molecule has 7 heteroatoms. The summed E-state index contributed by atoms with van der Waals surface area (Å²) in [5.41, 5.74) is 2.15. The molecule has 2 heterocycles. The monoisotopic (exact) mass is 495 g/mol. The van der Waals surface area contributed by atoms with Crippen LogP contribution in [0.4, 0.5) is 0 Å². The fraction of sp³-hybridized carbons (Fsp3) is 0.476. The van der Waals surface area contributed by atoms with E-state index in [1.807, 2.05) is 12.3 Å². The summed E-state index contributed by atoms with van der Waals surface area (Å²) in [4.78, 5) is 23.3. The van der Waals surface area contributed by atoms with Gasteiger partial charge in [-0.2, -0.15) is 0 Å². The zero-order valence-electron chi connectivity index (χ0n) is 16.6. The maximum Gasteiger partial charge on any atom is 0.220 e. The third-order valence-corrected chi connectivity index (χ3v) is 5.12. The first kappa shape index (κ1) is 22.4. The highest BCUT2D eigenvalue weighted by Crippen LogP contribution is 2.21. The van der Waals surface area contributed by atoms with E-state index in [0.29, 0.717) is 18.9 Å². The van der Waals surface area contributed by atoms with Crippen LogP contribution >= 0.6 is 24.0 Å². The van der Waals surface area contributed by atoms with E-state index in [0.717, 1.165) is 54.9 Å². The molecule has 6 nitrogen and oxygen atoms in total. The molecular weight excluding hydrogens is 465 g/mol. The zero-order valence-corrected chi connectivity index (χ0v) is 19.0. The van der Waals surface area contributed by atoms with E-state index in [1.54, 1.807) is 7.05 Å². The molecule has 0 radical (unpaired) electrons. The number of piperidine rings is 1. The third-order valence-electron chi connectivity index (χ3n) is 5.12. The number of nitrogens with zero attached hydrogens (tertiary/aromatic N) is 3. The molecule has 2 N–H and O–H groups in total. The van der Waals surface area contributed by atoms with Crippen molar-refractivity contribution in [3.63, 3.8) is 0 Å². The predicted molar refractivity (Wildman–Crippen MR) is 125 cm³/mol. The first-order valence-corrected chi connectivity index (χ1v) is 9.77. The van der Waals surface area contributed by atoms with Gasteiger partial charge >= 0.3 is 0 Å². The van der Waals surface area contributed by atoms with Crippen LogP contribution in [-0.2, 0) is 11.3 Å². The Morgan fingerprint density at radius 3 is 2.71 bits per heavy atom. The third kappa shape index (κ3) is 5.80. The first-order chi connectivity index (χ1) is 13.2. The fourth-order valence-corrected chi connectivity index (χ4v) is 3.59. The number of nitrogens with one attached hydrogen (secondary N) is 2. The van der Waals surface area contributed by atoms with Gasteiger partial charge in [-0.1, -0.05) is 24.3 Å². The van der Waals surface area contributed by atoms with Crippen LogP contribution in [0, 0.1) is 5.92 Å². The SMILES string of the molecule is CCNC(=NCc1cccc2cccnc12)N1CCC(CC(=O)NC)CC1.I. The highest BCUT2D eigenvalue weighted by Gasteiger charge is 2.23. The summed E-state index contributed by atoms with van der Waals surface area (Å²) in [7, 11) is 1.70. The van der Waals surface area contributed by atoms with Crippen molar-refractivity contribution in [1.29, 1.82) is 0 Å². The minimum atomic E-state index is 0. The standard InChI is InChI=1S/C21H29N5O.HI/c1-3-23-21(26-12-9-16(10-13-26)14-19(27)22-2)25-15-18-7-4-6-17-8-5-11-24-20(17)18;/h4-8,11,16H,3,9-10,12-15H2,1-2H3,(H,22,27)(H,23,25);1H. The van der Waals surface area contributed by atoms with Gasteiger partial charge in [0.1, 0.15) is 0 Å². The molecular formula is C21H30IN5O. The Balaban J connectivity index is 0.00000280. The lowest BCUT2D eigenvalue weighted by Crippen LogP contribution is -2.46. The van der Waals surface area contributed by atoms with Gasteiger partial charge in [0.15, 0.2) is 5.96 Å². The quantitative estimate of drug-likeness (QED) is 0.380. The summed E-state index contributed by atoms with van der Waals surface area (Å²) in [6, 6.07) is 10.3. The minimum absolute atomic E-state index is 0. The molecule has 0 spiro atoms. The van der Waals surface area contributed by atoms with Crippen LogP contribution < -0.4 is 10.6 Å². The number of benzene rings is 1. The van der Waals surface area contributed by atoms with E-state index in [2.05, 4.69) is 51.7 Å². The lowest BCUT2D eigenvalue weighted by molar-refractivity contribution is -0.121. The number of halogens is 1. The molecule has 1 fully saturated rings. The van der Waals surface area contributed by atoms with Crippen LogP contribution in [0.2, 0.25) is 0 Å². The summed E-state index contributed by atoms with van der Waals surface area (Å²) in [5.74, 6) is 1.55. The topological polar surface area (TPSA) is 69.6 Å². The van der Waals surface area contributed by atoms with E-state index < -0.39 is 0 Å². The van der Waals surface area contributed by atoms with Crippen molar-refractivity contribution in [1.82, 2.24) is 20.5 Å². The molecule has 1 aromatic carbocycles. The molecule has 1 aromatic heterocycles. The van der Waals surface area contributed by atoms with Crippen molar-refractivity contribution >= 4 is 46.7 Å². The van der Waals surface area contributed by atoms with Gasteiger partial charge in [-0.3, -0.25) is 9.78 Å². The Labute approximate surface area is 184 Å². The van der Waals surface area contributed by atoms with Crippen LogP contribution in [0.15, 0.2) is 41.5 Å². The first-order valence-electron chi connectivity index (χ1n) is 9.77. The molecule has 28 heavy (non-hydrogen) atoms. The molecule has 0 saturated carbocycles. The van der Waals surface area contributed by atoms with Gasteiger partial charge in [-0.15, -0.1) is 24.0 Å². The van der Waals surface area contributed by atoms with Gasteiger partial charge in [-0.05, 0) is 37.3 Å². The van der Waals surface area contributed by atoms with Crippen LogP contribution in [0.25, 0.3) is 10.9 Å². The Morgan fingerprint density at radius 2 is 2.00 bits per heavy atom. The molecule has 0 aliphatic carbocycles. The lowest BCUT2D eigenvalue weighted by atomic mass is 9.93. The second kappa shape index (κ2) is 11.2. The van der Waals surface area contributed by atoms with E-state index >= 15 is 0 Å². The number of aromatic nitrogens is 1. The molecule has 0 atom stereocenters. The van der Waals surface area contributed by atoms with Gasteiger partial charge < -0.3 is 15.5 Å². The number of hydrogen-bond donors (Lipinski definition) is 2. The number of amides is 1. The van der Waals surface area contributed by atoms with Gasteiger partial charge in [0.2, 0.25) is 5.91 Å². The van der Waals surface area contributed by atoms with Crippen LogP contribution in [0.5, 0.6) is 0 Å². The Bertz CT molecular complexity index is 797. The number of para-hydroxylation sites is 1. The number of rotatable bonds is 5. The number of hydrogen-bond acceptors (Lipinski definition) is 3. The number of likely N-dealkylation sites (tertiary alicyclic amines) is 1. The maximum atomic E-state index is 11.6. The number of carbonyl (C=O) groups excluding carboxylic acids is 1. The van der Waals surface area contributed by atoms with E-state index in [-0.39, 0.29) is 29.9 Å². The Kier molecular flexibility index (Phi) is 8.95. The van der Waals surface area contributed by atoms with Crippen molar-refractivity contribution in [2.45, 2.75) is 32.7 Å². The summed E-state index contributed by atoms with van der Waals surface area (Å²) in [6.45, 7) is 5.40. The largest absolute Gasteiger partial charge is 0.359 e. The highest BCUT2D eigenvalue weighted by molar-refractivity contribution is 14.0. The predicted octanol–water partition coefficient (Wildman–Crippen LogP) is 3.17. The van der Waals surface area contributed by atoms with Gasteiger partial charge in [-0.25, -0.2) is 4.99 Å². The number of aliphatic imine (C=N–C) groups is 1. The number of pyridine rings is 1. The Hall–Kier alpha value is -1.90. The molecule has 1 aliphatic heterocycles.